The second-order valence-corrected chi connectivity index (χ2v) is 30.7. The third-order valence-corrected chi connectivity index (χ3v) is 20.0. The minimum atomic E-state index is -4.96. The van der Waals surface area contributed by atoms with Crippen LogP contribution in [0, 0.1) is 0 Å². The lowest BCUT2D eigenvalue weighted by molar-refractivity contribution is -0.161. The molecular formula is C77H150O17P2. The molecule has 0 amide bonds. The van der Waals surface area contributed by atoms with Crippen molar-refractivity contribution in [2.24, 2.45) is 0 Å². The van der Waals surface area contributed by atoms with Crippen molar-refractivity contribution in [2.75, 3.05) is 39.6 Å². The topological polar surface area (TPSA) is 237 Å². The van der Waals surface area contributed by atoms with E-state index < -0.39 is 97.5 Å². The number of rotatable bonds is 78. The van der Waals surface area contributed by atoms with E-state index in [1.54, 1.807) is 0 Å². The number of hydrogen-bond acceptors (Lipinski definition) is 15. The molecule has 570 valence electrons. The summed E-state index contributed by atoms with van der Waals surface area (Å²) in [6.07, 6.45) is 62.4. The summed E-state index contributed by atoms with van der Waals surface area (Å²) >= 11 is 0. The highest BCUT2D eigenvalue weighted by Gasteiger charge is 2.30. The van der Waals surface area contributed by atoms with Gasteiger partial charge in [0.15, 0.2) is 12.2 Å². The lowest BCUT2D eigenvalue weighted by Gasteiger charge is -2.21. The number of ether oxygens (including phenoxy) is 4. The van der Waals surface area contributed by atoms with Crippen molar-refractivity contribution in [2.45, 2.75) is 431 Å². The molecule has 19 heteroatoms. The van der Waals surface area contributed by atoms with Crippen LogP contribution >= 0.6 is 15.6 Å². The van der Waals surface area contributed by atoms with Gasteiger partial charge in [0.05, 0.1) is 26.4 Å². The summed E-state index contributed by atoms with van der Waals surface area (Å²) in [7, 11) is -9.91. The van der Waals surface area contributed by atoms with Crippen molar-refractivity contribution in [1.29, 1.82) is 0 Å². The molecule has 5 atom stereocenters. The lowest BCUT2D eigenvalue weighted by Crippen LogP contribution is -2.30. The third kappa shape index (κ3) is 70.5. The van der Waals surface area contributed by atoms with E-state index >= 15 is 0 Å². The highest BCUT2D eigenvalue weighted by atomic mass is 31.2. The van der Waals surface area contributed by atoms with E-state index in [1.807, 2.05) is 0 Å². The van der Waals surface area contributed by atoms with Gasteiger partial charge in [0.1, 0.15) is 19.3 Å². The first-order valence-corrected chi connectivity index (χ1v) is 43.3. The molecule has 0 saturated heterocycles. The maximum Gasteiger partial charge on any atom is 0.472 e. The number of carbonyl (C=O) groups excluding carboxylic acids is 4. The maximum absolute atomic E-state index is 13.1. The summed E-state index contributed by atoms with van der Waals surface area (Å²) in [6.45, 7) is 4.98. The highest BCUT2D eigenvalue weighted by molar-refractivity contribution is 7.47. The molecule has 0 aliphatic rings. The first kappa shape index (κ1) is 94.1. The lowest BCUT2D eigenvalue weighted by atomic mass is 10.0. The summed E-state index contributed by atoms with van der Waals surface area (Å²) in [4.78, 5) is 72.8. The minimum absolute atomic E-state index is 0.108. The molecule has 0 radical (unpaired) electrons. The molecule has 0 fully saturated rings. The van der Waals surface area contributed by atoms with Gasteiger partial charge in [-0.1, -0.05) is 362 Å². The van der Waals surface area contributed by atoms with E-state index in [1.165, 1.54) is 244 Å². The van der Waals surface area contributed by atoms with E-state index in [0.29, 0.717) is 25.7 Å². The quantitative estimate of drug-likeness (QED) is 0.0222. The fraction of sp³-hybridized carbons (Fsp3) is 0.948. The second-order valence-electron chi connectivity index (χ2n) is 27.7. The van der Waals surface area contributed by atoms with Gasteiger partial charge in [-0.05, 0) is 25.7 Å². The van der Waals surface area contributed by atoms with Gasteiger partial charge in [-0.3, -0.25) is 37.3 Å². The summed E-state index contributed by atoms with van der Waals surface area (Å²) in [5, 5.41) is 10.6. The molecule has 0 aliphatic heterocycles. The SMILES string of the molecule is CCCCCCCCCCCCCCCCCCCCCCCCC(=O)O[C@H](COC(=O)CCCCCCCCCCCCCC)COP(=O)(O)OC[C@@H](O)COP(=O)(O)OC[C@@H](COC(=O)CCCCCCCCCCCCC)OC(=O)CCCCCCCCCCCCC. The first-order valence-electron chi connectivity index (χ1n) is 40.3. The molecule has 0 bridgehead atoms. The first-order chi connectivity index (χ1) is 46.7. The van der Waals surface area contributed by atoms with Crippen LogP contribution in [0.5, 0.6) is 0 Å². The largest absolute Gasteiger partial charge is 0.472 e. The van der Waals surface area contributed by atoms with Crippen LogP contribution in [0.25, 0.3) is 0 Å². The van der Waals surface area contributed by atoms with Crippen LogP contribution in [0.2, 0.25) is 0 Å². The fourth-order valence-electron chi connectivity index (χ4n) is 11.9. The predicted octanol–water partition coefficient (Wildman–Crippen LogP) is 23.0. The summed E-state index contributed by atoms with van der Waals surface area (Å²) in [5.41, 5.74) is 0. The summed E-state index contributed by atoms with van der Waals surface area (Å²) in [6, 6.07) is 0. The van der Waals surface area contributed by atoms with Crippen LogP contribution in [-0.4, -0.2) is 96.7 Å². The van der Waals surface area contributed by atoms with Crippen LogP contribution in [0.1, 0.15) is 413 Å². The van der Waals surface area contributed by atoms with Gasteiger partial charge < -0.3 is 33.8 Å². The molecule has 96 heavy (non-hydrogen) atoms. The van der Waals surface area contributed by atoms with E-state index in [2.05, 4.69) is 27.7 Å². The van der Waals surface area contributed by atoms with Crippen LogP contribution in [0.4, 0.5) is 0 Å². The van der Waals surface area contributed by atoms with Gasteiger partial charge in [0, 0.05) is 25.7 Å². The zero-order valence-electron chi connectivity index (χ0n) is 62.4. The van der Waals surface area contributed by atoms with Crippen molar-refractivity contribution >= 4 is 39.5 Å². The Morgan fingerprint density at radius 3 is 0.615 bits per heavy atom. The second kappa shape index (κ2) is 71.5. The highest BCUT2D eigenvalue weighted by Crippen LogP contribution is 2.45. The molecule has 2 unspecified atom stereocenters. The van der Waals surface area contributed by atoms with Crippen LogP contribution < -0.4 is 0 Å². The molecule has 3 N–H and O–H groups in total. The predicted molar refractivity (Wildman–Crippen MR) is 391 cm³/mol. The van der Waals surface area contributed by atoms with Crippen molar-refractivity contribution in [3.63, 3.8) is 0 Å². The minimum Gasteiger partial charge on any atom is -0.462 e. The Labute approximate surface area is 588 Å². The number of aliphatic hydroxyl groups excluding tert-OH is 1. The van der Waals surface area contributed by atoms with Gasteiger partial charge in [-0.15, -0.1) is 0 Å². The summed E-state index contributed by atoms with van der Waals surface area (Å²) in [5.74, 6) is -2.11. The number of aliphatic hydroxyl groups is 1. The van der Waals surface area contributed by atoms with Gasteiger partial charge in [0.25, 0.3) is 0 Å². The number of phosphoric ester groups is 2. The molecule has 0 saturated carbocycles. The summed E-state index contributed by atoms with van der Waals surface area (Å²) < 4.78 is 68.5. The Morgan fingerprint density at radius 2 is 0.417 bits per heavy atom. The number of phosphoric acid groups is 2. The molecule has 0 aromatic heterocycles. The zero-order chi connectivity index (χ0) is 70.4. The molecule has 0 aromatic rings. The number of carbonyl (C=O) groups is 4. The van der Waals surface area contributed by atoms with E-state index in [4.69, 9.17) is 37.0 Å². The maximum atomic E-state index is 13.1. The molecule has 0 rings (SSSR count). The Morgan fingerprint density at radius 1 is 0.250 bits per heavy atom. The molecular weight excluding hydrogens is 1260 g/mol. The molecule has 0 spiro atoms. The zero-order valence-corrected chi connectivity index (χ0v) is 64.1. The van der Waals surface area contributed by atoms with Crippen molar-refractivity contribution in [1.82, 2.24) is 0 Å². The molecule has 17 nitrogen and oxygen atoms in total. The molecule has 0 aliphatic carbocycles. The van der Waals surface area contributed by atoms with Gasteiger partial charge in [-0.25, -0.2) is 9.13 Å². The average Bonchev–Trinajstić information content (AvgIpc) is 1.37. The monoisotopic (exact) mass is 1410 g/mol. The fourth-order valence-corrected chi connectivity index (χ4v) is 13.5. The smallest absolute Gasteiger partial charge is 0.462 e. The number of hydrogen-bond donors (Lipinski definition) is 3. The Hall–Kier alpha value is -1.94. The number of unbranched alkanes of at least 4 members (excludes halogenated alkanes) is 52. The Kier molecular flexibility index (Phi) is 70.0. The van der Waals surface area contributed by atoms with E-state index in [9.17, 15) is 43.2 Å². The average molecular weight is 1410 g/mol. The van der Waals surface area contributed by atoms with Crippen molar-refractivity contribution in [3.8, 4) is 0 Å². The van der Waals surface area contributed by atoms with Crippen LogP contribution in [0.15, 0.2) is 0 Å². The van der Waals surface area contributed by atoms with Crippen molar-refractivity contribution in [3.05, 3.63) is 0 Å². The van der Waals surface area contributed by atoms with Crippen LogP contribution in [0.3, 0.4) is 0 Å². The molecule has 0 aromatic carbocycles. The Bertz CT molecular complexity index is 1830. The van der Waals surface area contributed by atoms with Gasteiger partial charge >= 0.3 is 39.5 Å². The van der Waals surface area contributed by atoms with Gasteiger partial charge in [0.2, 0.25) is 0 Å². The Balaban J connectivity index is 5.17. The van der Waals surface area contributed by atoms with Crippen molar-refractivity contribution < 1.29 is 80.2 Å². The third-order valence-electron chi connectivity index (χ3n) is 18.1. The normalized spacial score (nSPS) is 13.9. The van der Waals surface area contributed by atoms with E-state index in [-0.39, 0.29) is 25.7 Å². The van der Waals surface area contributed by atoms with E-state index in [0.717, 1.165) is 89.9 Å². The molecule has 0 heterocycles. The van der Waals surface area contributed by atoms with Gasteiger partial charge in [-0.2, -0.15) is 0 Å². The number of esters is 4. The standard InChI is InChI=1S/C77H150O17P2/c1-5-9-13-17-21-25-29-31-32-33-34-35-36-37-38-39-40-44-48-52-56-60-64-77(82)94-73(68-88-75(80)62-58-54-50-46-43-30-26-22-18-14-10-6-2)70-92-96(85,86)90-66-71(78)65-89-95(83,84)91-69-72(93-76(81)63-59-55-51-47-42-28-24-20-16-12-8-4)67-87-74(79)61-57-53-49-45-41-27-23-19-15-11-7-3/h71-73,78H,5-70H2,1-4H3,(H,83,84)(H,85,86)/t71-,72+,73+/m0/s1. The van der Waals surface area contributed by atoms with Crippen LogP contribution in [-0.2, 0) is 65.4 Å².